The Morgan fingerprint density at radius 3 is 3.00 bits per heavy atom. The molecule has 1 rings (SSSR count). The zero-order valence-corrected chi connectivity index (χ0v) is 10.5. The molecule has 2 N–H and O–H groups in total. The third-order valence-electron chi connectivity index (χ3n) is 1.83. The molecular weight excluding hydrogens is 244 g/mol. The number of terminal acetylenes is 1. The van der Waals surface area contributed by atoms with E-state index in [1.54, 1.807) is 11.3 Å². The van der Waals surface area contributed by atoms with E-state index in [4.69, 9.17) is 6.42 Å². The lowest BCUT2D eigenvalue weighted by Crippen LogP contribution is -2.27. The third kappa shape index (κ3) is 6.46. The van der Waals surface area contributed by atoms with Gasteiger partial charge in [-0.2, -0.15) is 11.3 Å². The molecule has 1 aromatic rings. The van der Waals surface area contributed by atoms with Crippen molar-refractivity contribution in [2.24, 2.45) is 0 Å². The number of amides is 1. The van der Waals surface area contributed by atoms with Crippen molar-refractivity contribution in [1.29, 1.82) is 0 Å². The molecule has 3 nitrogen and oxygen atoms in total. The number of carbonyl (C=O) groups excluding carboxylic acids is 1. The molecule has 0 bridgehead atoms. The van der Waals surface area contributed by atoms with Crippen LogP contribution in [0.2, 0.25) is 0 Å². The van der Waals surface area contributed by atoms with Gasteiger partial charge in [0.2, 0.25) is 5.91 Å². The van der Waals surface area contributed by atoms with Crippen molar-refractivity contribution < 1.29 is 4.79 Å². The molecule has 0 aliphatic heterocycles. The predicted molar refractivity (Wildman–Crippen MR) is 69.7 cm³/mol. The van der Waals surface area contributed by atoms with Crippen LogP contribution in [0.15, 0.2) is 16.8 Å². The van der Waals surface area contributed by atoms with E-state index in [-0.39, 0.29) is 18.3 Å². The summed E-state index contributed by atoms with van der Waals surface area (Å²) in [6.07, 6.45) is 5.48. The molecule has 1 amide bonds. The number of halogens is 1. The first-order chi connectivity index (χ1) is 7.33. The zero-order chi connectivity index (χ0) is 10.9. The van der Waals surface area contributed by atoms with Gasteiger partial charge < -0.3 is 10.6 Å². The Hall–Kier alpha value is -1.02. The highest BCUT2D eigenvalue weighted by molar-refractivity contribution is 7.07. The van der Waals surface area contributed by atoms with Crippen LogP contribution in [-0.2, 0) is 11.3 Å². The zero-order valence-electron chi connectivity index (χ0n) is 8.86. The monoisotopic (exact) mass is 258 g/mol. The molecule has 0 aromatic carbocycles. The summed E-state index contributed by atoms with van der Waals surface area (Å²) in [4.78, 5) is 11.1. The molecule has 0 atom stereocenters. The average molecular weight is 259 g/mol. The number of hydrogen-bond acceptors (Lipinski definition) is 3. The highest BCUT2D eigenvalue weighted by Gasteiger charge is 1.98. The molecule has 0 saturated carbocycles. The van der Waals surface area contributed by atoms with Crippen LogP contribution in [0.1, 0.15) is 12.0 Å². The van der Waals surface area contributed by atoms with Crippen LogP contribution >= 0.6 is 23.7 Å². The van der Waals surface area contributed by atoms with Crippen LogP contribution in [0, 0.1) is 12.3 Å². The largest absolute Gasteiger partial charge is 0.345 e. The Kier molecular flexibility index (Phi) is 8.64. The van der Waals surface area contributed by atoms with Crippen LogP contribution in [0.3, 0.4) is 0 Å². The first-order valence-corrected chi connectivity index (χ1v) is 5.69. The van der Waals surface area contributed by atoms with Crippen LogP contribution in [-0.4, -0.2) is 19.0 Å². The summed E-state index contributed by atoms with van der Waals surface area (Å²) in [5.74, 6) is 2.35. The normalized spacial score (nSPS) is 8.94. The van der Waals surface area contributed by atoms with Gasteiger partial charge in [-0.15, -0.1) is 18.8 Å². The molecule has 0 aliphatic rings. The smallest absolute Gasteiger partial charge is 0.222 e. The molecule has 88 valence electrons. The minimum absolute atomic E-state index is 0. The Bertz CT molecular complexity index is 332. The molecular formula is C11H15ClN2OS. The standard InChI is InChI=1S/C11H14N2OS.ClH/c1-2-5-13-11(14)3-6-12-8-10-4-7-15-9-10;/h1,4,7,9,12H,3,5-6,8H2,(H,13,14);1H. The van der Waals surface area contributed by atoms with Gasteiger partial charge in [0.15, 0.2) is 0 Å². The van der Waals surface area contributed by atoms with Crippen molar-refractivity contribution in [3.8, 4) is 12.3 Å². The van der Waals surface area contributed by atoms with E-state index in [1.165, 1.54) is 5.56 Å². The van der Waals surface area contributed by atoms with Crippen molar-refractivity contribution in [1.82, 2.24) is 10.6 Å². The maximum Gasteiger partial charge on any atom is 0.222 e. The number of carbonyl (C=O) groups is 1. The molecule has 1 heterocycles. The van der Waals surface area contributed by atoms with E-state index in [0.29, 0.717) is 19.5 Å². The lowest BCUT2D eigenvalue weighted by Gasteiger charge is -2.03. The Labute approximate surface area is 106 Å². The van der Waals surface area contributed by atoms with E-state index in [2.05, 4.69) is 28.0 Å². The molecule has 0 spiro atoms. The second kappa shape index (κ2) is 9.22. The van der Waals surface area contributed by atoms with Gasteiger partial charge in [0.25, 0.3) is 0 Å². The van der Waals surface area contributed by atoms with E-state index >= 15 is 0 Å². The first kappa shape index (κ1) is 15.0. The molecule has 0 unspecified atom stereocenters. The maximum atomic E-state index is 11.1. The Morgan fingerprint density at radius 1 is 1.56 bits per heavy atom. The van der Waals surface area contributed by atoms with Gasteiger partial charge in [-0.1, -0.05) is 5.92 Å². The Balaban J connectivity index is 0.00000225. The average Bonchev–Trinajstić information content (AvgIpc) is 2.74. The van der Waals surface area contributed by atoms with Gasteiger partial charge in [-0.25, -0.2) is 0 Å². The number of nitrogens with one attached hydrogen (secondary N) is 2. The second-order valence-electron chi connectivity index (χ2n) is 3.04. The van der Waals surface area contributed by atoms with Crippen molar-refractivity contribution in [3.05, 3.63) is 22.4 Å². The van der Waals surface area contributed by atoms with Crippen molar-refractivity contribution in [3.63, 3.8) is 0 Å². The molecule has 5 heteroatoms. The summed E-state index contributed by atoms with van der Waals surface area (Å²) in [6, 6.07) is 2.07. The summed E-state index contributed by atoms with van der Waals surface area (Å²) in [5.41, 5.74) is 1.25. The Morgan fingerprint density at radius 2 is 2.38 bits per heavy atom. The van der Waals surface area contributed by atoms with E-state index in [0.717, 1.165) is 6.54 Å². The van der Waals surface area contributed by atoms with Gasteiger partial charge >= 0.3 is 0 Å². The number of thiophene rings is 1. The molecule has 0 saturated heterocycles. The SMILES string of the molecule is C#CCNC(=O)CCNCc1ccsc1.Cl. The summed E-state index contributed by atoms with van der Waals surface area (Å²) in [6.45, 7) is 1.79. The second-order valence-corrected chi connectivity index (χ2v) is 3.82. The highest BCUT2D eigenvalue weighted by Crippen LogP contribution is 2.04. The minimum Gasteiger partial charge on any atom is -0.345 e. The van der Waals surface area contributed by atoms with Crippen molar-refractivity contribution in [2.45, 2.75) is 13.0 Å². The fourth-order valence-electron chi connectivity index (χ4n) is 1.07. The first-order valence-electron chi connectivity index (χ1n) is 4.75. The summed E-state index contributed by atoms with van der Waals surface area (Å²) < 4.78 is 0. The van der Waals surface area contributed by atoms with Gasteiger partial charge in [-0.05, 0) is 22.4 Å². The van der Waals surface area contributed by atoms with Gasteiger partial charge in [0.1, 0.15) is 0 Å². The quantitative estimate of drug-likeness (QED) is 0.598. The molecule has 1 aromatic heterocycles. The third-order valence-corrected chi connectivity index (χ3v) is 2.56. The summed E-state index contributed by atoms with van der Waals surface area (Å²) >= 11 is 1.67. The van der Waals surface area contributed by atoms with Crippen molar-refractivity contribution in [2.75, 3.05) is 13.1 Å². The highest BCUT2D eigenvalue weighted by atomic mass is 35.5. The topological polar surface area (TPSA) is 41.1 Å². The van der Waals surface area contributed by atoms with Crippen LogP contribution in [0.4, 0.5) is 0 Å². The molecule has 0 fully saturated rings. The van der Waals surface area contributed by atoms with E-state index in [1.807, 2.05) is 5.38 Å². The predicted octanol–water partition coefficient (Wildman–Crippen LogP) is 1.40. The van der Waals surface area contributed by atoms with E-state index in [9.17, 15) is 4.79 Å². The van der Waals surface area contributed by atoms with Gasteiger partial charge in [-0.3, -0.25) is 4.79 Å². The molecule has 0 aliphatic carbocycles. The van der Waals surface area contributed by atoms with Crippen LogP contribution < -0.4 is 10.6 Å². The van der Waals surface area contributed by atoms with Gasteiger partial charge in [0, 0.05) is 19.5 Å². The fourth-order valence-corrected chi connectivity index (χ4v) is 1.73. The van der Waals surface area contributed by atoms with Gasteiger partial charge in [0.05, 0.1) is 6.54 Å². The lowest BCUT2D eigenvalue weighted by atomic mass is 10.3. The van der Waals surface area contributed by atoms with Crippen LogP contribution in [0.25, 0.3) is 0 Å². The summed E-state index contributed by atoms with van der Waals surface area (Å²) in [5, 5.41) is 9.93. The minimum atomic E-state index is -0.00855. The number of rotatable bonds is 6. The van der Waals surface area contributed by atoms with Crippen molar-refractivity contribution >= 4 is 29.7 Å². The fraction of sp³-hybridized carbons (Fsp3) is 0.364. The van der Waals surface area contributed by atoms with E-state index < -0.39 is 0 Å². The number of hydrogen-bond donors (Lipinski definition) is 2. The molecule has 0 radical (unpaired) electrons. The summed E-state index contributed by atoms with van der Waals surface area (Å²) in [7, 11) is 0. The molecule has 16 heavy (non-hydrogen) atoms. The lowest BCUT2D eigenvalue weighted by molar-refractivity contribution is -0.120. The van der Waals surface area contributed by atoms with Crippen LogP contribution in [0.5, 0.6) is 0 Å². The maximum absolute atomic E-state index is 11.1.